The molecule has 2 fully saturated rings. The number of nitrogens with zero attached hydrogens (tertiary/aromatic N) is 2. The van der Waals surface area contributed by atoms with Gasteiger partial charge in [0.05, 0.1) is 45.1 Å². The summed E-state index contributed by atoms with van der Waals surface area (Å²) in [6, 6.07) is 12.1. The van der Waals surface area contributed by atoms with Crippen LogP contribution in [0.5, 0.6) is 0 Å². The molecule has 0 saturated carbocycles. The number of anilines is 1. The van der Waals surface area contributed by atoms with E-state index in [2.05, 4.69) is 0 Å². The first kappa shape index (κ1) is 20.4. The summed E-state index contributed by atoms with van der Waals surface area (Å²) < 4.78 is 24.8. The van der Waals surface area contributed by atoms with E-state index in [9.17, 15) is 13.8 Å². The molecular formula is C23H24N2O5S. The minimum absolute atomic E-state index is 0.105. The number of carbonyl (C=O) groups is 2. The Morgan fingerprint density at radius 1 is 1.06 bits per heavy atom. The quantitative estimate of drug-likeness (QED) is 0.718. The molecule has 1 atom stereocenters. The third-order valence-corrected chi connectivity index (χ3v) is 7.70. The summed E-state index contributed by atoms with van der Waals surface area (Å²) in [6.07, 6.45) is 1.28. The molecule has 2 aromatic carbocycles. The van der Waals surface area contributed by atoms with Crippen LogP contribution in [0.1, 0.15) is 40.5 Å². The molecule has 162 valence electrons. The molecule has 2 aromatic rings. The summed E-state index contributed by atoms with van der Waals surface area (Å²) in [4.78, 5) is 30.8. The highest BCUT2D eigenvalue weighted by molar-refractivity contribution is 7.85. The van der Waals surface area contributed by atoms with E-state index >= 15 is 0 Å². The third-order valence-electron chi connectivity index (χ3n) is 6.20. The maximum Gasteiger partial charge on any atom is 0.259 e. The van der Waals surface area contributed by atoms with Crippen molar-refractivity contribution >= 4 is 28.3 Å². The maximum absolute atomic E-state index is 13.3. The standard InChI is InChI=1S/C23H24N2O5S/c1-2-25-18-15-16(21(26)24-11-9-23(10-12-24)29-13-14-30-23)7-8-20(18)31(28)19-6-4-3-5-17(19)22(25)27/h3-8,15H,2,9-14H2,1H3. The smallest absolute Gasteiger partial charge is 0.259 e. The highest BCUT2D eigenvalue weighted by atomic mass is 32.2. The Balaban J connectivity index is 1.46. The third kappa shape index (κ3) is 3.39. The van der Waals surface area contributed by atoms with Crippen LogP contribution >= 0.6 is 0 Å². The molecular weight excluding hydrogens is 416 g/mol. The van der Waals surface area contributed by atoms with Gasteiger partial charge >= 0.3 is 0 Å². The molecule has 1 unspecified atom stereocenters. The number of fused-ring (bicyclic) bond motifs is 2. The van der Waals surface area contributed by atoms with Crippen LogP contribution in [-0.4, -0.2) is 59.6 Å². The van der Waals surface area contributed by atoms with Gasteiger partial charge < -0.3 is 19.3 Å². The van der Waals surface area contributed by atoms with Crippen molar-refractivity contribution in [1.29, 1.82) is 0 Å². The van der Waals surface area contributed by atoms with Crippen LogP contribution < -0.4 is 4.90 Å². The van der Waals surface area contributed by atoms with Crippen LogP contribution in [0, 0.1) is 0 Å². The minimum atomic E-state index is -1.50. The van der Waals surface area contributed by atoms with Crippen LogP contribution in [0.25, 0.3) is 0 Å². The minimum Gasteiger partial charge on any atom is -0.347 e. The van der Waals surface area contributed by atoms with E-state index < -0.39 is 16.6 Å². The fraction of sp³-hybridized carbons (Fsp3) is 0.391. The summed E-state index contributed by atoms with van der Waals surface area (Å²) in [5, 5.41) is 0. The van der Waals surface area contributed by atoms with Crippen LogP contribution in [-0.2, 0) is 20.3 Å². The van der Waals surface area contributed by atoms with Crippen molar-refractivity contribution < 1.29 is 23.3 Å². The molecule has 3 aliphatic heterocycles. The zero-order valence-corrected chi connectivity index (χ0v) is 18.2. The van der Waals surface area contributed by atoms with Crippen LogP contribution in [0.3, 0.4) is 0 Å². The zero-order chi connectivity index (χ0) is 21.6. The second-order valence-electron chi connectivity index (χ2n) is 7.90. The average molecular weight is 441 g/mol. The Morgan fingerprint density at radius 3 is 2.48 bits per heavy atom. The average Bonchev–Trinajstić information content (AvgIpc) is 3.23. The Labute approximate surface area is 183 Å². The van der Waals surface area contributed by atoms with Gasteiger partial charge in [0.15, 0.2) is 5.79 Å². The molecule has 31 heavy (non-hydrogen) atoms. The van der Waals surface area contributed by atoms with Crippen molar-refractivity contribution in [3.8, 4) is 0 Å². The Hall–Kier alpha value is -2.55. The number of hydrogen-bond donors (Lipinski definition) is 0. The van der Waals surface area contributed by atoms with Gasteiger partial charge in [-0.25, -0.2) is 4.21 Å². The van der Waals surface area contributed by atoms with E-state index in [4.69, 9.17) is 9.47 Å². The van der Waals surface area contributed by atoms with E-state index in [0.717, 1.165) is 0 Å². The lowest BCUT2D eigenvalue weighted by Crippen LogP contribution is -2.47. The number of rotatable bonds is 2. The second kappa shape index (κ2) is 7.85. The lowest BCUT2D eigenvalue weighted by atomic mass is 10.0. The van der Waals surface area contributed by atoms with Gasteiger partial charge in [0.25, 0.3) is 11.8 Å². The van der Waals surface area contributed by atoms with E-state index in [1.807, 2.05) is 6.92 Å². The highest BCUT2D eigenvalue weighted by Gasteiger charge is 2.41. The maximum atomic E-state index is 13.3. The first-order chi connectivity index (χ1) is 15.0. The number of likely N-dealkylation sites (tertiary alicyclic amines) is 1. The van der Waals surface area contributed by atoms with Gasteiger partial charge in [-0.05, 0) is 37.3 Å². The summed E-state index contributed by atoms with van der Waals surface area (Å²) in [6.45, 7) is 4.57. The SMILES string of the molecule is CCN1C(=O)c2ccccc2S(=O)c2ccc(C(=O)N3CCC4(CC3)OCCO4)cc21. The molecule has 3 aliphatic rings. The van der Waals surface area contributed by atoms with Crippen molar-refractivity contribution in [2.24, 2.45) is 0 Å². The second-order valence-corrected chi connectivity index (χ2v) is 9.31. The largest absolute Gasteiger partial charge is 0.347 e. The molecule has 0 aliphatic carbocycles. The van der Waals surface area contributed by atoms with Gasteiger partial charge in [0.1, 0.15) is 0 Å². The van der Waals surface area contributed by atoms with Crippen LogP contribution in [0.4, 0.5) is 5.69 Å². The molecule has 5 rings (SSSR count). The Morgan fingerprint density at radius 2 is 1.77 bits per heavy atom. The van der Waals surface area contributed by atoms with E-state index in [1.54, 1.807) is 52.3 Å². The topological polar surface area (TPSA) is 76.2 Å². The summed E-state index contributed by atoms with van der Waals surface area (Å²) in [5.74, 6) is -0.851. The number of benzene rings is 2. The molecule has 1 spiro atoms. The monoisotopic (exact) mass is 440 g/mol. The molecule has 0 N–H and O–H groups in total. The van der Waals surface area contributed by atoms with E-state index in [0.29, 0.717) is 72.3 Å². The zero-order valence-electron chi connectivity index (χ0n) is 17.3. The van der Waals surface area contributed by atoms with Crippen LogP contribution in [0.15, 0.2) is 52.3 Å². The van der Waals surface area contributed by atoms with Crippen LogP contribution in [0.2, 0.25) is 0 Å². The van der Waals surface area contributed by atoms with Gasteiger partial charge in [0, 0.05) is 38.0 Å². The van der Waals surface area contributed by atoms with Crippen molar-refractivity contribution in [2.45, 2.75) is 35.3 Å². The molecule has 2 amide bonds. The predicted octanol–water partition coefficient (Wildman–Crippen LogP) is 2.81. The Bertz CT molecular complexity index is 1070. The Kier molecular flexibility index (Phi) is 5.16. The highest BCUT2D eigenvalue weighted by Crippen LogP contribution is 2.36. The van der Waals surface area contributed by atoms with Gasteiger partial charge in [-0.1, -0.05) is 12.1 Å². The molecule has 3 heterocycles. The fourth-order valence-corrected chi connectivity index (χ4v) is 5.87. The van der Waals surface area contributed by atoms with E-state index in [-0.39, 0.29) is 11.8 Å². The summed E-state index contributed by atoms with van der Waals surface area (Å²) in [7, 11) is -1.50. The first-order valence-electron chi connectivity index (χ1n) is 10.6. The van der Waals surface area contributed by atoms with Gasteiger partial charge in [-0.2, -0.15) is 0 Å². The van der Waals surface area contributed by atoms with E-state index in [1.165, 1.54) is 0 Å². The van der Waals surface area contributed by atoms with Gasteiger partial charge in [-0.3, -0.25) is 9.59 Å². The number of ether oxygens (including phenoxy) is 2. The molecule has 0 radical (unpaired) electrons. The predicted molar refractivity (Wildman–Crippen MR) is 115 cm³/mol. The lowest BCUT2D eigenvalue weighted by molar-refractivity contribution is -0.181. The van der Waals surface area contributed by atoms with Crippen molar-refractivity contribution in [3.05, 3.63) is 53.6 Å². The van der Waals surface area contributed by atoms with Crippen molar-refractivity contribution in [1.82, 2.24) is 4.90 Å². The first-order valence-corrected chi connectivity index (χ1v) is 11.7. The van der Waals surface area contributed by atoms with Crippen molar-refractivity contribution in [2.75, 3.05) is 37.7 Å². The molecule has 7 nitrogen and oxygen atoms in total. The number of hydrogen-bond acceptors (Lipinski definition) is 5. The molecule has 2 saturated heterocycles. The molecule has 8 heteroatoms. The normalized spacial score (nSPS) is 22.2. The summed E-state index contributed by atoms with van der Waals surface area (Å²) >= 11 is 0. The lowest BCUT2D eigenvalue weighted by Gasteiger charge is -2.37. The number of piperidine rings is 1. The number of amides is 2. The molecule has 0 bridgehead atoms. The number of carbonyl (C=O) groups excluding carboxylic acids is 2. The van der Waals surface area contributed by atoms with Gasteiger partial charge in [-0.15, -0.1) is 0 Å². The summed E-state index contributed by atoms with van der Waals surface area (Å²) in [5.41, 5.74) is 1.45. The van der Waals surface area contributed by atoms with Gasteiger partial charge in [0.2, 0.25) is 0 Å². The van der Waals surface area contributed by atoms with Crippen molar-refractivity contribution in [3.63, 3.8) is 0 Å². The molecule has 0 aromatic heterocycles. The fourth-order valence-electron chi connectivity index (χ4n) is 4.53.